The van der Waals surface area contributed by atoms with E-state index >= 15 is 0 Å². The highest BCUT2D eigenvalue weighted by Gasteiger charge is 2.33. The first kappa shape index (κ1) is 14.9. The van der Waals surface area contributed by atoms with Gasteiger partial charge in [-0.1, -0.05) is 30.3 Å². The summed E-state index contributed by atoms with van der Waals surface area (Å²) in [5, 5.41) is 5.26. The predicted octanol–water partition coefficient (Wildman–Crippen LogP) is 2.75. The molecule has 0 bridgehead atoms. The van der Waals surface area contributed by atoms with Crippen LogP contribution in [0.5, 0.6) is 0 Å². The third-order valence-electron chi connectivity index (χ3n) is 3.64. The van der Waals surface area contributed by atoms with Crippen LogP contribution in [0.2, 0.25) is 0 Å². The molecule has 2 aromatic rings. The lowest BCUT2D eigenvalue weighted by Crippen LogP contribution is -2.45. The number of esters is 1. The highest BCUT2D eigenvalue weighted by molar-refractivity contribution is 5.94. The predicted molar refractivity (Wildman–Crippen MR) is 83.3 cm³/mol. The molecule has 2 amide bonds. The number of urea groups is 1. The van der Waals surface area contributed by atoms with Crippen LogP contribution in [0, 0.1) is 0 Å². The van der Waals surface area contributed by atoms with Gasteiger partial charge in [0.05, 0.1) is 12.7 Å². The van der Waals surface area contributed by atoms with Crippen LogP contribution in [0.15, 0.2) is 58.2 Å². The fourth-order valence-electron chi connectivity index (χ4n) is 2.55. The fraction of sp³-hybridized carbons (Fsp3) is 0.176. The van der Waals surface area contributed by atoms with Crippen LogP contribution >= 0.6 is 0 Å². The van der Waals surface area contributed by atoms with E-state index in [4.69, 9.17) is 9.15 Å². The zero-order valence-corrected chi connectivity index (χ0v) is 12.8. The first-order valence-corrected chi connectivity index (χ1v) is 7.12. The van der Waals surface area contributed by atoms with Gasteiger partial charge >= 0.3 is 12.0 Å². The Morgan fingerprint density at radius 1 is 1.17 bits per heavy atom. The van der Waals surface area contributed by atoms with E-state index in [0.29, 0.717) is 22.8 Å². The molecule has 6 heteroatoms. The quantitative estimate of drug-likeness (QED) is 0.854. The smallest absolute Gasteiger partial charge is 0.338 e. The van der Waals surface area contributed by atoms with Crippen molar-refractivity contribution in [3.8, 4) is 11.3 Å². The Morgan fingerprint density at radius 3 is 2.61 bits per heavy atom. The van der Waals surface area contributed by atoms with E-state index in [-0.39, 0.29) is 0 Å². The molecular weight excluding hydrogens is 296 g/mol. The number of amides is 2. The molecule has 1 atom stereocenters. The van der Waals surface area contributed by atoms with Crippen LogP contribution in [-0.2, 0) is 9.53 Å². The van der Waals surface area contributed by atoms with Crippen LogP contribution in [0.4, 0.5) is 4.79 Å². The molecule has 23 heavy (non-hydrogen) atoms. The summed E-state index contributed by atoms with van der Waals surface area (Å²) in [7, 11) is 1.30. The van der Waals surface area contributed by atoms with Crippen LogP contribution in [0.1, 0.15) is 18.7 Å². The van der Waals surface area contributed by atoms with E-state index < -0.39 is 18.0 Å². The number of allylic oxidation sites excluding steroid dienone is 1. The molecular formula is C17H16N2O4. The van der Waals surface area contributed by atoms with Crippen molar-refractivity contribution in [2.45, 2.75) is 13.0 Å². The van der Waals surface area contributed by atoms with E-state index in [2.05, 4.69) is 10.6 Å². The van der Waals surface area contributed by atoms with Gasteiger partial charge in [-0.05, 0) is 19.1 Å². The average molecular weight is 312 g/mol. The maximum Gasteiger partial charge on any atom is 0.338 e. The Balaban J connectivity index is 1.99. The molecule has 0 saturated heterocycles. The van der Waals surface area contributed by atoms with Crippen molar-refractivity contribution in [1.82, 2.24) is 10.6 Å². The summed E-state index contributed by atoms with van der Waals surface area (Å²) in [5.74, 6) is 0.617. The number of hydrogen-bond donors (Lipinski definition) is 2. The molecule has 1 aliphatic rings. The van der Waals surface area contributed by atoms with E-state index in [1.54, 1.807) is 13.0 Å². The molecule has 2 N–H and O–H groups in total. The molecule has 0 spiro atoms. The maximum atomic E-state index is 12.0. The third-order valence-corrected chi connectivity index (χ3v) is 3.64. The maximum absolute atomic E-state index is 12.0. The second-order valence-electron chi connectivity index (χ2n) is 5.13. The van der Waals surface area contributed by atoms with Crippen LogP contribution in [-0.4, -0.2) is 19.1 Å². The lowest BCUT2D eigenvalue weighted by molar-refractivity contribution is -0.136. The summed E-state index contributed by atoms with van der Waals surface area (Å²) in [5.41, 5.74) is 1.68. The molecule has 0 saturated carbocycles. The Morgan fingerprint density at radius 2 is 1.91 bits per heavy atom. The van der Waals surface area contributed by atoms with Gasteiger partial charge in [-0.3, -0.25) is 0 Å². The topological polar surface area (TPSA) is 80.6 Å². The summed E-state index contributed by atoms with van der Waals surface area (Å²) in [6.07, 6.45) is 0. The summed E-state index contributed by atoms with van der Waals surface area (Å²) in [4.78, 5) is 23.8. The Kier molecular flexibility index (Phi) is 3.89. The number of rotatable bonds is 3. The number of carbonyl (C=O) groups excluding carboxylic acids is 2. The van der Waals surface area contributed by atoms with Crippen molar-refractivity contribution in [3.63, 3.8) is 0 Å². The minimum atomic E-state index is -0.686. The summed E-state index contributed by atoms with van der Waals surface area (Å²) in [6, 6.07) is 12.1. The van der Waals surface area contributed by atoms with Crippen molar-refractivity contribution < 1.29 is 18.7 Å². The number of benzene rings is 1. The molecule has 0 aliphatic carbocycles. The van der Waals surface area contributed by atoms with Gasteiger partial charge in [-0.2, -0.15) is 0 Å². The number of methoxy groups -OCH3 is 1. The van der Waals surface area contributed by atoms with E-state index in [9.17, 15) is 9.59 Å². The number of carbonyl (C=O) groups is 2. The number of nitrogens with one attached hydrogen (secondary N) is 2. The van der Waals surface area contributed by atoms with Gasteiger partial charge in [0.2, 0.25) is 0 Å². The van der Waals surface area contributed by atoms with Crippen LogP contribution in [0.3, 0.4) is 0 Å². The Hall–Kier alpha value is -3.02. The normalized spacial score (nSPS) is 17.5. The van der Waals surface area contributed by atoms with Crippen molar-refractivity contribution in [3.05, 3.63) is 59.5 Å². The monoisotopic (exact) mass is 312 g/mol. The number of hydrogen-bond acceptors (Lipinski definition) is 4. The zero-order valence-electron chi connectivity index (χ0n) is 12.8. The first-order chi connectivity index (χ1) is 11.1. The molecule has 3 rings (SSSR count). The van der Waals surface area contributed by atoms with Gasteiger partial charge in [-0.15, -0.1) is 0 Å². The van der Waals surface area contributed by atoms with Crippen molar-refractivity contribution >= 4 is 12.0 Å². The summed E-state index contributed by atoms with van der Waals surface area (Å²) >= 11 is 0. The van der Waals surface area contributed by atoms with Crippen LogP contribution in [0.25, 0.3) is 11.3 Å². The third kappa shape index (κ3) is 2.83. The van der Waals surface area contributed by atoms with Gasteiger partial charge in [-0.25, -0.2) is 9.59 Å². The van der Waals surface area contributed by atoms with E-state index in [1.807, 2.05) is 36.4 Å². The fourth-order valence-corrected chi connectivity index (χ4v) is 2.55. The zero-order chi connectivity index (χ0) is 16.4. The Labute approximate surface area is 133 Å². The van der Waals surface area contributed by atoms with Gasteiger partial charge in [0.25, 0.3) is 0 Å². The molecule has 1 aromatic heterocycles. The molecule has 6 nitrogen and oxygen atoms in total. The Bertz CT molecular complexity index is 777. The molecule has 2 heterocycles. The highest BCUT2D eigenvalue weighted by Crippen LogP contribution is 2.31. The van der Waals surface area contributed by atoms with Gasteiger partial charge in [0.15, 0.2) is 0 Å². The lowest BCUT2D eigenvalue weighted by atomic mass is 10.0. The van der Waals surface area contributed by atoms with Crippen LogP contribution < -0.4 is 10.6 Å². The van der Waals surface area contributed by atoms with E-state index in [0.717, 1.165) is 5.56 Å². The molecule has 0 fully saturated rings. The van der Waals surface area contributed by atoms with Gasteiger partial charge in [0.1, 0.15) is 17.6 Å². The highest BCUT2D eigenvalue weighted by atomic mass is 16.5. The second-order valence-corrected chi connectivity index (χ2v) is 5.13. The molecule has 0 radical (unpaired) electrons. The van der Waals surface area contributed by atoms with Gasteiger partial charge < -0.3 is 19.8 Å². The molecule has 1 aromatic carbocycles. The summed E-state index contributed by atoms with van der Waals surface area (Å²) < 4.78 is 10.7. The molecule has 1 aliphatic heterocycles. The minimum absolute atomic E-state index is 0.320. The lowest BCUT2D eigenvalue weighted by Gasteiger charge is -2.26. The van der Waals surface area contributed by atoms with Gasteiger partial charge in [0, 0.05) is 11.3 Å². The minimum Gasteiger partial charge on any atom is -0.466 e. The van der Waals surface area contributed by atoms with Crippen molar-refractivity contribution in [2.75, 3.05) is 7.11 Å². The second kappa shape index (κ2) is 6.00. The molecule has 1 unspecified atom stereocenters. The average Bonchev–Trinajstić information content (AvgIpc) is 3.04. The summed E-state index contributed by atoms with van der Waals surface area (Å²) in [6.45, 7) is 1.65. The number of ether oxygens (including phenoxy) is 1. The van der Waals surface area contributed by atoms with Crippen molar-refractivity contribution in [1.29, 1.82) is 0 Å². The van der Waals surface area contributed by atoms with Crippen molar-refractivity contribution in [2.24, 2.45) is 0 Å². The molecule has 118 valence electrons. The standard InChI is InChI=1S/C17H16N2O4/c1-10-14(16(20)22-2)15(19-17(21)18-10)13-9-8-12(23-13)11-6-4-3-5-7-11/h3-9,15H,1-2H3,(H2,18,19,21). The number of furan rings is 1. The van der Waals surface area contributed by atoms with E-state index in [1.165, 1.54) is 7.11 Å². The SMILES string of the molecule is COC(=O)C1=C(C)NC(=O)NC1c1ccc(-c2ccccc2)o1. The first-order valence-electron chi connectivity index (χ1n) is 7.12. The largest absolute Gasteiger partial charge is 0.466 e.